The number of guanidine groups is 1. The number of rotatable bonds is 8. The number of amides is 1. The molecule has 2 fully saturated rings. The summed E-state index contributed by atoms with van der Waals surface area (Å²) in [5, 5.41) is 6.75. The quantitative estimate of drug-likeness (QED) is 0.319. The van der Waals surface area contributed by atoms with Crippen molar-refractivity contribution in [3.8, 4) is 0 Å². The number of carbonyl (C=O) groups excluding carboxylic acids is 1. The molecule has 0 saturated carbocycles. The van der Waals surface area contributed by atoms with Crippen LogP contribution < -0.4 is 10.6 Å². The normalized spacial score (nSPS) is 19.5. The van der Waals surface area contributed by atoms with E-state index in [1.807, 2.05) is 4.90 Å². The first kappa shape index (κ1) is 23.5. The summed E-state index contributed by atoms with van der Waals surface area (Å²) in [5.74, 6) is 1.60. The Labute approximate surface area is 176 Å². The van der Waals surface area contributed by atoms with Gasteiger partial charge in [0.2, 0.25) is 5.91 Å². The molecule has 1 unspecified atom stereocenters. The van der Waals surface area contributed by atoms with Crippen molar-refractivity contribution in [1.82, 2.24) is 20.4 Å². The summed E-state index contributed by atoms with van der Waals surface area (Å²) in [4.78, 5) is 21.3. The van der Waals surface area contributed by atoms with E-state index >= 15 is 0 Å². The van der Waals surface area contributed by atoms with Crippen LogP contribution in [-0.4, -0.2) is 73.5 Å². The zero-order valence-electron chi connectivity index (χ0n) is 16.8. The molecule has 26 heavy (non-hydrogen) atoms. The van der Waals surface area contributed by atoms with Crippen LogP contribution in [0.3, 0.4) is 0 Å². The van der Waals surface area contributed by atoms with Gasteiger partial charge >= 0.3 is 0 Å². The van der Waals surface area contributed by atoms with E-state index in [0.717, 1.165) is 45.0 Å². The molecule has 0 aromatic heterocycles. The van der Waals surface area contributed by atoms with Gasteiger partial charge in [-0.2, -0.15) is 0 Å². The second-order valence-corrected chi connectivity index (χ2v) is 7.69. The molecule has 1 atom stereocenters. The van der Waals surface area contributed by atoms with Crippen LogP contribution in [0.1, 0.15) is 52.9 Å². The van der Waals surface area contributed by atoms with Gasteiger partial charge in [-0.15, -0.1) is 24.0 Å². The molecule has 0 aliphatic carbocycles. The average Bonchev–Trinajstić information content (AvgIpc) is 3.28. The van der Waals surface area contributed by atoms with E-state index in [9.17, 15) is 4.79 Å². The van der Waals surface area contributed by atoms with Crippen molar-refractivity contribution < 1.29 is 4.79 Å². The maximum absolute atomic E-state index is 12.2. The lowest BCUT2D eigenvalue weighted by atomic mass is 10.0. The highest BCUT2D eigenvalue weighted by Gasteiger charge is 2.23. The zero-order chi connectivity index (χ0) is 18.1. The summed E-state index contributed by atoms with van der Waals surface area (Å²) < 4.78 is 0. The second kappa shape index (κ2) is 12.8. The van der Waals surface area contributed by atoms with Crippen LogP contribution in [0.5, 0.6) is 0 Å². The molecule has 0 aromatic carbocycles. The van der Waals surface area contributed by atoms with Crippen molar-refractivity contribution in [2.24, 2.45) is 10.9 Å². The highest BCUT2D eigenvalue weighted by Crippen LogP contribution is 2.17. The molecule has 1 amide bonds. The van der Waals surface area contributed by atoms with Gasteiger partial charge in [-0.05, 0) is 58.0 Å². The number of hydrogen-bond donors (Lipinski definition) is 2. The van der Waals surface area contributed by atoms with Crippen molar-refractivity contribution >= 4 is 35.8 Å². The van der Waals surface area contributed by atoms with Crippen LogP contribution in [0.15, 0.2) is 4.99 Å². The average molecular weight is 479 g/mol. The highest BCUT2D eigenvalue weighted by atomic mass is 127. The molecule has 0 spiro atoms. The minimum Gasteiger partial charge on any atom is -0.357 e. The van der Waals surface area contributed by atoms with Gasteiger partial charge in [0.15, 0.2) is 5.96 Å². The smallest absolute Gasteiger partial charge is 0.244 e. The van der Waals surface area contributed by atoms with Crippen LogP contribution in [-0.2, 0) is 4.79 Å². The number of hydrogen-bond acceptors (Lipinski definition) is 3. The number of nitrogens with one attached hydrogen (secondary N) is 2. The first-order chi connectivity index (χ1) is 12.1. The summed E-state index contributed by atoms with van der Waals surface area (Å²) >= 11 is 0. The predicted octanol–water partition coefficient (Wildman–Crippen LogP) is 2.29. The lowest BCUT2D eigenvalue weighted by Gasteiger charge is -2.29. The van der Waals surface area contributed by atoms with Gasteiger partial charge in [-0.25, -0.2) is 4.99 Å². The molecular weight excluding hydrogens is 441 g/mol. The molecule has 2 saturated heterocycles. The Morgan fingerprint density at radius 2 is 1.65 bits per heavy atom. The molecule has 6 nitrogen and oxygen atoms in total. The Morgan fingerprint density at radius 3 is 2.23 bits per heavy atom. The van der Waals surface area contributed by atoms with Crippen molar-refractivity contribution in [2.45, 2.75) is 58.9 Å². The van der Waals surface area contributed by atoms with Crippen LogP contribution in [0.25, 0.3) is 0 Å². The number of aliphatic imine (C=N–C) groups is 1. The lowest BCUT2D eigenvalue weighted by Crippen LogP contribution is -2.47. The molecule has 2 aliphatic heterocycles. The standard InChI is InChI=1S/C19H37N5O.HI/c1-4-20-19(22-15-18(25)24-11-7-8-12-24)21-14-17(13-16(2)3)23-9-5-6-10-23;/h16-17H,4-15H2,1-3H3,(H2,20,21,22);1H. The topological polar surface area (TPSA) is 60.0 Å². The molecule has 0 radical (unpaired) electrons. The van der Waals surface area contributed by atoms with Gasteiger partial charge in [0.05, 0.1) is 0 Å². The van der Waals surface area contributed by atoms with E-state index in [1.165, 1.54) is 32.4 Å². The number of nitrogens with zero attached hydrogens (tertiary/aromatic N) is 3. The van der Waals surface area contributed by atoms with Crippen molar-refractivity contribution in [1.29, 1.82) is 0 Å². The van der Waals surface area contributed by atoms with E-state index in [1.54, 1.807) is 0 Å². The third-order valence-electron chi connectivity index (χ3n) is 5.08. The Kier molecular flexibility index (Phi) is 11.5. The maximum Gasteiger partial charge on any atom is 0.244 e. The first-order valence-corrected chi connectivity index (χ1v) is 10.1. The SMILES string of the molecule is CCNC(=NCC(=O)N1CCCC1)NCC(CC(C)C)N1CCCC1.I. The zero-order valence-corrected chi connectivity index (χ0v) is 19.1. The van der Waals surface area contributed by atoms with Crippen molar-refractivity contribution in [3.05, 3.63) is 0 Å². The monoisotopic (exact) mass is 479 g/mol. The molecule has 2 heterocycles. The summed E-state index contributed by atoms with van der Waals surface area (Å²) in [6.07, 6.45) is 6.07. The second-order valence-electron chi connectivity index (χ2n) is 7.69. The van der Waals surface area contributed by atoms with E-state index in [0.29, 0.717) is 12.0 Å². The highest BCUT2D eigenvalue weighted by molar-refractivity contribution is 14.0. The number of carbonyl (C=O) groups is 1. The van der Waals surface area contributed by atoms with E-state index in [-0.39, 0.29) is 36.4 Å². The predicted molar refractivity (Wildman–Crippen MR) is 119 cm³/mol. The van der Waals surface area contributed by atoms with Crippen LogP contribution in [0.4, 0.5) is 0 Å². The fraction of sp³-hybridized carbons (Fsp3) is 0.895. The van der Waals surface area contributed by atoms with Crippen LogP contribution >= 0.6 is 24.0 Å². The molecule has 7 heteroatoms. The summed E-state index contributed by atoms with van der Waals surface area (Å²) in [6.45, 7) is 12.8. The van der Waals surface area contributed by atoms with Crippen LogP contribution in [0, 0.1) is 5.92 Å². The van der Waals surface area contributed by atoms with Gasteiger partial charge < -0.3 is 15.5 Å². The number of halogens is 1. The van der Waals surface area contributed by atoms with Gasteiger partial charge in [0.25, 0.3) is 0 Å². The molecular formula is C19H38IN5O. The fourth-order valence-corrected chi connectivity index (χ4v) is 3.78. The lowest BCUT2D eigenvalue weighted by molar-refractivity contribution is -0.128. The molecule has 0 aromatic rings. The molecule has 2 aliphatic rings. The largest absolute Gasteiger partial charge is 0.357 e. The molecule has 2 rings (SSSR count). The van der Waals surface area contributed by atoms with Gasteiger partial charge in [0.1, 0.15) is 6.54 Å². The number of likely N-dealkylation sites (tertiary alicyclic amines) is 2. The minimum absolute atomic E-state index is 0. The van der Waals surface area contributed by atoms with Gasteiger partial charge in [-0.1, -0.05) is 13.8 Å². The van der Waals surface area contributed by atoms with Gasteiger partial charge in [0, 0.05) is 32.2 Å². The first-order valence-electron chi connectivity index (χ1n) is 10.1. The van der Waals surface area contributed by atoms with E-state index in [2.05, 4.69) is 41.3 Å². The van der Waals surface area contributed by atoms with E-state index in [4.69, 9.17) is 0 Å². The third-order valence-corrected chi connectivity index (χ3v) is 5.08. The Morgan fingerprint density at radius 1 is 1.04 bits per heavy atom. The Bertz CT molecular complexity index is 432. The maximum atomic E-state index is 12.2. The summed E-state index contributed by atoms with van der Waals surface area (Å²) in [6, 6.07) is 0.542. The third kappa shape index (κ3) is 7.98. The fourth-order valence-electron chi connectivity index (χ4n) is 3.78. The van der Waals surface area contributed by atoms with Crippen molar-refractivity contribution in [2.75, 3.05) is 45.8 Å². The van der Waals surface area contributed by atoms with Crippen LogP contribution in [0.2, 0.25) is 0 Å². The molecule has 0 bridgehead atoms. The van der Waals surface area contributed by atoms with Crippen molar-refractivity contribution in [3.63, 3.8) is 0 Å². The molecule has 2 N–H and O–H groups in total. The van der Waals surface area contributed by atoms with Gasteiger partial charge in [-0.3, -0.25) is 9.69 Å². The van der Waals surface area contributed by atoms with E-state index < -0.39 is 0 Å². The summed E-state index contributed by atoms with van der Waals surface area (Å²) in [5.41, 5.74) is 0. The minimum atomic E-state index is 0. The Balaban J connectivity index is 0.00000338. The molecule has 152 valence electrons. The summed E-state index contributed by atoms with van der Waals surface area (Å²) in [7, 11) is 0. The Hall–Kier alpha value is -0.570.